The predicted molar refractivity (Wildman–Crippen MR) is 143 cm³/mol. The van der Waals surface area contributed by atoms with E-state index in [9.17, 15) is 4.79 Å². The highest BCUT2D eigenvalue weighted by atomic mass is 16.5. The topological polar surface area (TPSA) is 47.6 Å². The van der Waals surface area contributed by atoms with Crippen LogP contribution in [0.3, 0.4) is 0 Å². The molecule has 0 aliphatic carbocycles. The Labute approximate surface area is 210 Å². The number of ether oxygens (including phenoxy) is 2. The van der Waals surface area contributed by atoms with Gasteiger partial charge in [0.1, 0.15) is 11.5 Å². The number of benzene rings is 3. The molecule has 0 aliphatic rings. The molecule has 0 fully saturated rings. The third-order valence-corrected chi connectivity index (χ3v) is 6.73. The van der Waals surface area contributed by atoms with Gasteiger partial charge in [0.2, 0.25) is 5.91 Å². The average molecular weight is 474 g/mol. The molecule has 0 radical (unpaired) electrons. The molecule has 0 spiro atoms. The maximum Gasteiger partial charge on any atom is 0.220 e. The standard InChI is InChI=1S/C31H39NO3/c1-6-31(4,25-12-8-7-9-13-25)22-30(33)32-21-20-27(28-14-10-11-15-29(28)34-5)24-16-18-26(19-17-24)35-23(2)3/h7-19,23,27H,6,20-22H2,1-5H3,(H,32,33)/t27-,31-/m0/s1. The molecule has 1 N–H and O–H groups in total. The number of rotatable bonds is 12. The second-order valence-electron chi connectivity index (χ2n) is 9.63. The molecule has 0 aliphatic heterocycles. The molecule has 0 aromatic heterocycles. The monoisotopic (exact) mass is 473 g/mol. The number of carbonyl (C=O) groups is 1. The SMILES string of the molecule is CC[C@@](C)(CC(=O)NCC[C@@H](c1ccc(OC(C)C)cc1)c1ccccc1OC)c1ccccc1. The second kappa shape index (κ2) is 12.4. The van der Waals surface area contributed by atoms with E-state index in [1.807, 2.05) is 62.4 Å². The summed E-state index contributed by atoms with van der Waals surface area (Å²) in [5.41, 5.74) is 3.31. The fourth-order valence-electron chi connectivity index (χ4n) is 4.55. The first-order valence-electron chi connectivity index (χ1n) is 12.6. The highest BCUT2D eigenvalue weighted by molar-refractivity contribution is 5.77. The summed E-state index contributed by atoms with van der Waals surface area (Å²) in [5.74, 6) is 1.88. The van der Waals surface area contributed by atoms with Crippen LogP contribution in [-0.4, -0.2) is 25.7 Å². The Bertz CT molecular complexity index is 1060. The Balaban J connectivity index is 1.73. The molecular weight excluding hydrogens is 434 g/mol. The second-order valence-corrected chi connectivity index (χ2v) is 9.63. The minimum atomic E-state index is -0.181. The van der Waals surface area contributed by atoms with Crippen molar-refractivity contribution in [3.63, 3.8) is 0 Å². The normalized spacial score (nSPS) is 13.7. The lowest BCUT2D eigenvalue weighted by Crippen LogP contribution is -2.33. The van der Waals surface area contributed by atoms with E-state index < -0.39 is 0 Å². The van der Waals surface area contributed by atoms with Gasteiger partial charge in [-0.25, -0.2) is 0 Å². The van der Waals surface area contributed by atoms with E-state index in [2.05, 4.69) is 49.5 Å². The molecule has 0 saturated heterocycles. The van der Waals surface area contributed by atoms with Gasteiger partial charge in [0, 0.05) is 29.9 Å². The van der Waals surface area contributed by atoms with Crippen LogP contribution in [0.5, 0.6) is 11.5 Å². The van der Waals surface area contributed by atoms with Crippen molar-refractivity contribution in [2.75, 3.05) is 13.7 Å². The number of amides is 1. The van der Waals surface area contributed by atoms with Crippen LogP contribution in [0.4, 0.5) is 0 Å². The zero-order valence-electron chi connectivity index (χ0n) is 21.7. The summed E-state index contributed by atoms with van der Waals surface area (Å²) in [6.45, 7) is 8.94. The minimum absolute atomic E-state index is 0.0812. The van der Waals surface area contributed by atoms with Gasteiger partial charge in [-0.2, -0.15) is 0 Å². The van der Waals surface area contributed by atoms with Crippen molar-refractivity contribution in [2.45, 2.75) is 64.4 Å². The predicted octanol–water partition coefficient (Wildman–Crippen LogP) is 6.88. The Morgan fingerprint density at radius 3 is 2.23 bits per heavy atom. The molecule has 0 bridgehead atoms. The van der Waals surface area contributed by atoms with Crippen LogP contribution in [-0.2, 0) is 10.2 Å². The minimum Gasteiger partial charge on any atom is -0.496 e. The van der Waals surface area contributed by atoms with Crippen molar-refractivity contribution in [1.82, 2.24) is 5.32 Å². The van der Waals surface area contributed by atoms with Gasteiger partial charge in [0.05, 0.1) is 13.2 Å². The Hall–Kier alpha value is -3.27. The van der Waals surface area contributed by atoms with Crippen LogP contribution < -0.4 is 14.8 Å². The van der Waals surface area contributed by atoms with Crippen LogP contribution in [0.15, 0.2) is 78.9 Å². The Morgan fingerprint density at radius 2 is 1.60 bits per heavy atom. The van der Waals surface area contributed by atoms with Crippen molar-refractivity contribution >= 4 is 5.91 Å². The van der Waals surface area contributed by atoms with E-state index in [-0.39, 0.29) is 23.3 Å². The van der Waals surface area contributed by atoms with Gasteiger partial charge >= 0.3 is 0 Å². The van der Waals surface area contributed by atoms with Gasteiger partial charge in [-0.3, -0.25) is 4.79 Å². The van der Waals surface area contributed by atoms with Crippen LogP contribution >= 0.6 is 0 Å². The first-order chi connectivity index (χ1) is 16.9. The first-order valence-corrected chi connectivity index (χ1v) is 12.6. The molecule has 186 valence electrons. The quantitative estimate of drug-likeness (QED) is 0.312. The average Bonchev–Trinajstić information content (AvgIpc) is 2.87. The lowest BCUT2D eigenvalue weighted by atomic mass is 9.77. The molecule has 3 aromatic carbocycles. The number of carbonyl (C=O) groups excluding carboxylic acids is 1. The van der Waals surface area contributed by atoms with Crippen LogP contribution in [0, 0.1) is 0 Å². The van der Waals surface area contributed by atoms with Crippen molar-refractivity contribution in [2.24, 2.45) is 0 Å². The fourth-order valence-corrected chi connectivity index (χ4v) is 4.55. The van der Waals surface area contributed by atoms with Crippen molar-refractivity contribution in [1.29, 1.82) is 0 Å². The van der Waals surface area contributed by atoms with Crippen molar-refractivity contribution in [3.05, 3.63) is 95.6 Å². The Kier molecular flexibility index (Phi) is 9.36. The first kappa shape index (κ1) is 26.3. The molecule has 4 heteroatoms. The fraction of sp³-hybridized carbons (Fsp3) is 0.387. The highest BCUT2D eigenvalue weighted by Gasteiger charge is 2.28. The van der Waals surface area contributed by atoms with Gasteiger partial charge in [-0.1, -0.05) is 74.5 Å². The molecule has 0 unspecified atom stereocenters. The van der Waals surface area contributed by atoms with Gasteiger partial charge < -0.3 is 14.8 Å². The van der Waals surface area contributed by atoms with Gasteiger partial charge in [-0.15, -0.1) is 0 Å². The van der Waals surface area contributed by atoms with E-state index in [1.165, 1.54) is 11.1 Å². The third kappa shape index (κ3) is 7.11. The van der Waals surface area contributed by atoms with Gasteiger partial charge in [0.15, 0.2) is 0 Å². The Morgan fingerprint density at radius 1 is 0.943 bits per heavy atom. The molecule has 2 atom stereocenters. The van der Waals surface area contributed by atoms with E-state index in [0.717, 1.165) is 29.9 Å². The zero-order chi connectivity index (χ0) is 25.3. The molecule has 3 aromatic rings. The number of nitrogens with one attached hydrogen (secondary N) is 1. The molecule has 0 heterocycles. The molecule has 3 rings (SSSR count). The number of para-hydroxylation sites is 1. The smallest absolute Gasteiger partial charge is 0.220 e. The largest absolute Gasteiger partial charge is 0.496 e. The number of hydrogen-bond donors (Lipinski definition) is 1. The van der Waals surface area contributed by atoms with E-state index in [0.29, 0.717) is 13.0 Å². The lowest BCUT2D eigenvalue weighted by molar-refractivity contribution is -0.122. The number of hydrogen-bond acceptors (Lipinski definition) is 3. The summed E-state index contributed by atoms with van der Waals surface area (Å²) in [4.78, 5) is 13.0. The zero-order valence-corrected chi connectivity index (χ0v) is 21.7. The summed E-state index contributed by atoms with van der Waals surface area (Å²) < 4.78 is 11.5. The van der Waals surface area contributed by atoms with E-state index in [4.69, 9.17) is 9.47 Å². The highest BCUT2D eigenvalue weighted by Crippen LogP contribution is 2.35. The summed E-state index contributed by atoms with van der Waals surface area (Å²) in [6, 6.07) is 26.7. The lowest BCUT2D eigenvalue weighted by Gasteiger charge is -2.28. The van der Waals surface area contributed by atoms with Crippen LogP contribution in [0.2, 0.25) is 0 Å². The number of methoxy groups -OCH3 is 1. The molecule has 35 heavy (non-hydrogen) atoms. The van der Waals surface area contributed by atoms with Crippen molar-refractivity contribution < 1.29 is 14.3 Å². The summed E-state index contributed by atoms with van der Waals surface area (Å²) in [6.07, 6.45) is 2.27. The summed E-state index contributed by atoms with van der Waals surface area (Å²) in [5, 5.41) is 3.18. The summed E-state index contributed by atoms with van der Waals surface area (Å²) >= 11 is 0. The van der Waals surface area contributed by atoms with Crippen molar-refractivity contribution in [3.8, 4) is 11.5 Å². The third-order valence-electron chi connectivity index (χ3n) is 6.73. The van der Waals surface area contributed by atoms with Crippen LogP contribution in [0.25, 0.3) is 0 Å². The molecule has 4 nitrogen and oxygen atoms in total. The maximum atomic E-state index is 13.0. The maximum absolute atomic E-state index is 13.0. The molecule has 1 amide bonds. The summed E-state index contributed by atoms with van der Waals surface area (Å²) in [7, 11) is 1.70. The van der Waals surface area contributed by atoms with Gasteiger partial charge in [-0.05, 0) is 56.0 Å². The molecular formula is C31H39NO3. The van der Waals surface area contributed by atoms with Crippen LogP contribution in [0.1, 0.15) is 69.6 Å². The van der Waals surface area contributed by atoms with E-state index >= 15 is 0 Å². The van der Waals surface area contributed by atoms with Gasteiger partial charge in [0.25, 0.3) is 0 Å². The molecule has 0 saturated carbocycles. The van der Waals surface area contributed by atoms with E-state index in [1.54, 1.807) is 7.11 Å².